The van der Waals surface area contributed by atoms with Gasteiger partial charge in [0.2, 0.25) is 23.6 Å². The van der Waals surface area contributed by atoms with Crippen LogP contribution in [0.2, 0.25) is 0 Å². The topological polar surface area (TPSA) is 283 Å². The van der Waals surface area contributed by atoms with Crippen molar-refractivity contribution in [2.75, 3.05) is 6.54 Å². The van der Waals surface area contributed by atoms with E-state index < -0.39 is 109 Å². The monoisotopic (exact) mass is 573 g/mol. The summed E-state index contributed by atoms with van der Waals surface area (Å²) in [5.41, 5.74) is 5.50. The molecule has 17 nitrogen and oxygen atoms in total. The maximum Gasteiger partial charge on any atom is 0.326 e. The van der Waals surface area contributed by atoms with Crippen LogP contribution in [0.1, 0.15) is 52.4 Å². The molecule has 1 fully saturated rings. The van der Waals surface area contributed by atoms with Crippen molar-refractivity contribution in [1.82, 2.24) is 20.9 Å². The van der Waals surface area contributed by atoms with Crippen LogP contribution in [0.25, 0.3) is 0 Å². The van der Waals surface area contributed by atoms with Crippen molar-refractivity contribution >= 4 is 47.5 Å². The van der Waals surface area contributed by atoms with Crippen LogP contribution in [0, 0.1) is 5.92 Å². The summed E-state index contributed by atoms with van der Waals surface area (Å²) in [6.45, 7) is 3.06. The Morgan fingerprint density at radius 1 is 0.800 bits per heavy atom. The summed E-state index contributed by atoms with van der Waals surface area (Å²) < 4.78 is 0. The van der Waals surface area contributed by atoms with Gasteiger partial charge in [0.15, 0.2) is 0 Å². The lowest BCUT2D eigenvalue weighted by atomic mass is 10.0. The molecule has 1 saturated heterocycles. The Morgan fingerprint density at radius 2 is 1.38 bits per heavy atom. The van der Waals surface area contributed by atoms with E-state index in [2.05, 4.69) is 16.0 Å². The number of carbonyl (C=O) groups excluding carboxylic acids is 4. The summed E-state index contributed by atoms with van der Waals surface area (Å²) in [6.07, 6.45) is -2.15. The molecule has 5 atom stereocenters. The summed E-state index contributed by atoms with van der Waals surface area (Å²) in [6, 6.07) is -7.32. The van der Waals surface area contributed by atoms with E-state index in [1.807, 2.05) is 0 Å². The van der Waals surface area contributed by atoms with E-state index in [0.29, 0.717) is 6.42 Å². The van der Waals surface area contributed by atoms with Crippen molar-refractivity contribution in [3.05, 3.63) is 0 Å². The van der Waals surface area contributed by atoms with Gasteiger partial charge >= 0.3 is 23.9 Å². The molecule has 0 saturated carbocycles. The molecule has 40 heavy (non-hydrogen) atoms. The van der Waals surface area contributed by atoms with Crippen LogP contribution in [0.5, 0.6) is 0 Å². The van der Waals surface area contributed by atoms with Gasteiger partial charge in [-0.25, -0.2) is 4.79 Å². The van der Waals surface area contributed by atoms with Gasteiger partial charge in [-0.2, -0.15) is 0 Å². The minimum Gasteiger partial charge on any atom is -0.481 e. The lowest BCUT2D eigenvalue weighted by Crippen LogP contribution is -2.60. The smallest absolute Gasteiger partial charge is 0.326 e. The molecule has 1 aliphatic heterocycles. The highest BCUT2D eigenvalue weighted by atomic mass is 16.4. The molecule has 1 heterocycles. The summed E-state index contributed by atoms with van der Waals surface area (Å²) >= 11 is 0. The van der Waals surface area contributed by atoms with Crippen LogP contribution < -0.4 is 21.7 Å². The molecule has 0 spiro atoms. The zero-order valence-corrected chi connectivity index (χ0v) is 22.0. The number of carboxylic acid groups (broad SMARTS) is 4. The van der Waals surface area contributed by atoms with Crippen LogP contribution in [0.4, 0.5) is 0 Å². The lowest BCUT2D eigenvalue weighted by Gasteiger charge is -2.29. The quantitative estimate of drug-likeness (QED) is 0.0935. The minimum atomic E-state index is -1.65. The first-order valence-corrected chi connectivity index (χ1v) is 12.4. The Bertz CT molecular complexity index is 1020. The molecule has 0 aromatic carbocycles. The van der Waals surface area contributed by atoms with E-state index in [9.17, 15) is 48.6 Å². The van der Waals surface area contributed by atoms with Crippen LogP contribution in [0.15, 0.2) is 0 Å². The van der Waals surface area contributed by atoms with Crippen LogP contribution in [-0.2, 0) is 38.4 Å². The van der Waals surface area contributed by atoms with Gasteiger partial charge in [0.1, 0.15) is 24.2 Å². The second-order valence-electron chi connectivity index (χ2n) is 9.62. The largest absolute Gasteiger partial charge is 0.481 e. The predicted molar refractivity (Wildman–Crippen MR) is 132 cm³/mol. The van der Waals surface area contributed by atoms with E-state index in [-0.39, 0.29) is 13.0 Å². The number of aliphatic carboxylic acids is 4. The molecule has 1 rings (SSSR count). The number of hydrogen-bond acceptors (Lipinski definition) is 9. The summed E-state index contributed by atoms with van der Waals surface area (Å²) in [4.78, 5) is 97.1. The van der Waals surface area contributed by atoms with Crippen molar-refractivity contribution in [3.63, 3.8) is 0 Å². The first kappa shape index (κ1) is 33.7. The summed E-state index contributed by atoms with van der Waals surface area (Å²) in [5.74, 6) is -10.1. The predicted octanol–water partition coefficient (Wildman–Crippen LogP) is -2.69. The van der Waals surface area contributed by atoms with Crippen LogP contribution >= 0.6 is 0 Å². The van der Waals surface area contributed by atoms with Gasteiger partial charge < -0.3 is 47.0 Å². The third kappa shape index (κ3) is 10.5. The molecule has 0 radical (unpaired) electrons. The maximum atomic E-state index is 13.1. The molecular weight excluding hydrogens is 538 g/mol. The van der Waals surface area contributed by atoms with Gasteiger partial charge in [-0.3, -0.25) is 33.6 Å². The second kappa shape index (κ2) is 15.3. The standard InChI is InChI=1S/C23H35N5O12/c1-10(2)18(27-20(36)12(5-6-15(29)30)25-19(35)11(24)8-16(31)32)21(37)26-13(9-17(33)34)22(38)28-7-3-4-14(28)23(39)40/h10-14,18H,3-9,24H2,1-2H3,(H,25,35)(H,26,37)(H,27,36)(H,29,30)(H,31,32)(H,33,34)(H,39,40)/t11-,12-,13-,14-,18-/m0/s1. The van der Waals surface area contributed by atoms with Crippen LogP contribution in [-0.4, -0.2) is 110 Å². The second-order valence-corrected chi connectivity index (χ2v) is 9.62. The number of amides is 4. The van der Waals surface area contributed by atoms with Gasteiger partial charge in [0, 0.05) is 13.0 Å². The van der Waals surface area contributed by atoms with Gasteiger partial charge in [-0.05, 0) is 25.2 Å². The Balaban J connectivity index is 3.11. The van der Waals surface area contributed by atoms with Crippen molar-refractivity contribution in [2.45, 2.75) is 82.6 Å². The number of nitrogens with two attached hydrogens (primary N) is 1. The third-order valence-corrected chi connectivity index (χ3v) is 6.07. The van der Waals surface area contributed by atoms with E-state index >= 15 is 0 Å². The molecule has 224 valence electrons. The fourth-order valence-electron chi connectivity index (χ4n) is 4.01. The van der Waals surface area contributed by atoms with E-state index in [4.69, 9.17) is 15.9 Å². The van der Waals surface area contributed by atoms with Crippen molar-refractivity contribution in [3.8, 4) is 0 Å². The highest BCUT2D eigenvalue weighted by Gasteiger charge is 2.39. The number of likely N-dealkylation sites (tertiary alicyclic amines) is 1. The Morgan fingerprint density at radius 3 is 1.88 bits per heavy atom. The zero-order valence-electron chi connectivity index (χ0n) is 22.0. The fraction of sp³-hybridized carbons (Fsp3) is 0.652. The van der Waals surface area contributed by atoms with Gasteiger partial charge in [-0.15, -0.1) is 0 Å². The average Bonchev–Trinajstić information content (AvgIpc) is 3.33. The Kier molecular flexibility index (Phi) is 12.9. The van der Waals surface area contributed by atoms with E-state index in [1.165, 1.54) is 13.8 Å². The van der Waals surface area contributed by atoms with E-state index in [1.54, 1.807) is 0 Å². The van der Waals surface area contributed by atoms with Crippen molar-refractivity contribution in [2.24, 2.45) is 11.7 Å². The molecule has 0 aliphatic carbocycles. The van der Waals surface area contributed by atoms with E-state index in [0.717, 1.165) is 4.90 Å². The summed E-state index contributed by atoms with van der Waals surface area (Å²) in [7, 11) is 0. The zero-order chi connectivity index (χ0) is 30.7. The Hall–Kier alpha value is -4.28. The van der Waals surface area contributed by atoms with Gasteiger partial charge in [-0.1, -0.05) is 13.8 Å². The molecule has 0 aromatic heterocycles. The number of nitrogens with one attached hydrogen (secondary N) is 3. The molecule has 0 unspecified atom stereocenters. The lowest BCUT2D eigenvalue weighted by molar-refractivity contribution is -0.150. The van der Waals surface area contributed by atoms with Gasteiger partial charge in [0.25, 0.3) is 0 Å². The highest BCUT2D eigenvalue weighted by molar-refractivity contribution is 5.97. The molecule has 9 N–H and O–H groups in total. The van der Waals surface area contributed by atoms with Crippen molar-refractivity contribution < 1.29 is 58.8 Å². The fourth-order valence-corrected chi connectivity index (χ4v) is 4.01. The molecular formula is C23H35N5O12. The number of carboxylic acids is 4. The first-order valence-electron chi connectivity index (χ1n) is 12.4. The molecule has 0 bridgehead atoms. The maximum absolute atomic E-state index is 13.1. The SMILES string of the molecule is CC(C)[C@H](NC(=O)[C@H](CCC(=O)O)NC(=O)[C@@H](N)CC(=O)O)C(=O)N[C@@H](CC(=O)O)C(=O)N1CCC[C@H]1C(=O)O. The normalized spacial score (nSPS) is 17.7. The number of rotatable bonds is 16. The first-order chi connectivity index (χ1) is 18.5. The molecule has 1 aliphatic rings. The summed E-state index contributed by atoms with van der Waals surface area (Å²) in [5, 5.41) is 43.2. The molecule has 17 heteroatoms. The molecule has 0 aromatic rings. The Labute approximate surface area is 228 Å². The number of nitrogens with zero attached hydrogens (tertiary/aromatic N) is 1. The minimum absolute atomic E-state index is 0.0428. The van der Waals surface area contributed by atoms with Crippen molar-refractivity contribution in [1.29, 1.82) is 0 Å². The molecule has 4 amide bonds. The number of carbonyl (C=O) groups is 8. The van der Waals surface area contributed by atoms with Gasteiger partial charge in [0.05, 0.1) is 18.9 Å². The average molecular weight is 574 g/mol. The highest BCUT2D eigenvalue weighted by Crippen LogP contribution is 2.19. The van der Waals surface area contributed by atoms with Crippen LogP contribution in [0.3, 0.4) is 0 Å². The third-order valence-electron chi connectivity index (χ3n) is 6.07. The number of hydrogen-bond donors (Lipinski definition) is 8.